The number of hydrogen-bond donors (Lipinski definition) is 0. The first kappa shape index (κ1) is 18.6. The van der Waals surface area contributed by atoms with E-state index in [-0.39, 0.29) is 0 Å². The maximum Gasteiger partial charge on any atom is 0.190 e. The third kappa shape index (κ3) is 5.15. The molecule has 2 unspecified atom stereocenters. The lowest BCUT2D eigenvalue weighted by atomic mass is 10.1. The van der Waals surface area contributed by atoms with Gasteiger partial charge < -0.3 is 13.8 Å². The Kier molecular flexibility index (Phi) is 6.96. The second-order valence-electron chi connectivity index (χ2n) is 4.95. The zero-order valence-corrected chi connectivity index (χ0v) is 15.4. The van der Waals surface area contributed by atoms with Crippen LogP contribution >= 0.6 is 6.49 Å². The normalized spacial score (nSPS) is 14.4. The van der Waals surface area contributed by atoms with Crippen molar-refractivity contribution in [2.45, 2.75) is 20.0 Å². The molecule has 0 aromatic heterocycles. The summed E-state index contributed by atoms with van der Waals surface area (Å²) >= 11 is 5.47. The number of benzene rings is 2. The van der Waals surface area contributed by atoms with Crippen LogP contribution in [0.3, 0.4) is 0 Å². The molecule has 24 heavy (non-hydrogen) atoms. The minimum absolute atomic E-state index is 0.473. The number of para-hydroxylation sites is 1. The Balaban J connectivity index is 2.19. The maximum absolute atomic E-state index is 9.49. The van der Waals surface area contributed by atoms with Crippen molar-refractivity contribution in [3.63, 3.8) is 0 Å². The van der Waals surface area contributed by atoms with E-state index in [0.717, 1.165) is 5.75 Å². The van der Waals surface area contributed by atoms with E-state index in [9.17, 15) is 5.26 Å². The first-order chi connectivity index (χ1) is 11.6. The van der Waals surface area contributed by atoms with E-state index < -0.39 is 12.6 Å². The summed E-state index contributed by atoms with van der Waals surface area (Å²) in [4.78, 5) is 0. The fourth-order valence-corrected chi connectivity index (χ4v) is 3.93. The van der Waals surface area contributed by atoms with Gasteiger partial charge in [-0.25, -0.2) is 0 Å². The smallest absolute Gasteiger partial charge is 0.190 e. The lowest BCUT2D eigenvalue weighted by molar-refractivity contribution is 0.222. The van der Waals surface area contributed by atoms with Gasteiger partial charge in [0.1, 0.15) is 11.5 Å². The van der Waals surface area contributed by atoms with Gasteiger partial charge in [0.05, 0.1) is 12.7 Å². The summed E-state index contributed by atoms with van der Waals surface area (Å²) in [5, 5.41) is 9.49. The van der Waals surface area contributed by atoms with E-state index in [0.29, 0.717) is 24.1 Å². The van der Waals surface area contributed by atoms with Crippen molar-refractivity contribution >= 4 is 18.3 Å². The molecule has 0 saturated carbocycles. The van der Waals surface area contributed by atoms with Crippen LogP contribution in [-0.2, 0) is 20.9 Å². The fourth-order valence-electron chi connectivity index (χ4n) is 2.08. The molecule has 4 nitrogen and oxygen atoms in total. The molecule has 2 aromatic carbocycles. The van der Waals surface area contributed by atoms with Crippen molar-refractivity contribution in [1.82, 2.24) is 0 Å². The van der Waals surface area contributed by atoms with Crippen molar-refractivity contribution in [3.8, 4) is 17.6 Å². The quantitative estimate of drug-likeness (QED) is 0.587. The Hall–Kier alpha value is -1.70. The molecule has 0 spiro atoms. The molecule has 6 heteroatoms. The SMILES string of the molecule is CCOP(=S)(CC)OC(C#N)c1cccc(Oc2ccccc2)c1. The van der Waals surface area contributed by atoms with E-state index in [1.165, 1.54) is 0 Å². The lowest BCUT2D eigenvalue weighted by Gasteiger charge is -2.23. The second-order valence-corrected chi connectivity index (χ2v) is 8.94. The molecule has 0 radical (unpaired) electrons. The van der Waals surface area contributed by atoms with Crippen LogP contribution in [0.1, 0.15) is 25.5 Å². The Morgan fingerprint density at radius 1 is 1.08 bits per heavy atom. The maximum atomic E-state index is 9.49. The summed E-state index contributed by atoms with van der Waals surface area (Å²) in [7, 11) is 0. The van der Waals surface area contributed by atoms with E-state index in [4.69, 9.17) is 25.6 Å². The van der Waals surface area contributed by atoms with E-state index in [2.05, 4.69) is 6.07 Å². The highest BCUT2D eigenvalue weighted by atomic mass is 32.5. The van der Waals surface area contributed by atoms with Gasteiger partial charge in [-0.1, -0.05) is 37.3 Å². The largest absolute Gasteiger partial charge is 0.457 e. The summed E-state index contributed by atoms with van der Waals surface area (Å²) in [6.45, 7) is 1.81. The molecule has 0 amide bonds. The molecule has 0 saturated heterocycles. The Bertz CT molecular complexity index is 745. The van der Waals surface area contributed by atoms with Crippen LogP contribution in [0.4, 0.5) is 0 Å². The highest BCUT2D eigenvalue weighted by Gasteiger charge is 2.23. The van der Waals surface area contributed by atoms with Crippen LogP contribution in [0.2, 0.25) is 0 Å². The lowest BCUT2D eigenvalue weighted by Crippen LogP contribution is -2.04. The fraction of sp³-hybridized carbons (Fsp3) is 0.278. The average molecular weight is 361 g/mol. The summed E-state index contributed by atoms with van der Waals surface area (Å²) in [5.74, 6) is 1.38. The Morgan fingerprint density at radius 3 is 2.42 bits per heavy atom. The summed E-state index contributed by atoms with van der Waals surface area (Å²) in [6.07, 6.45) is -0.198. The molecule has 2 aromatic rings. The third-order valence-corrected chi connectivity index (χ3v) is 6.54. The molecule has 0 aliphatic rings. The third-order valence-electron chi connectivity index (χ3n) is 3.24. The molecule has 2 rings (SSSR count). The minimum Gasteiger partial charge on any atom is -0.457 e. The van der Waals surface area contributed by atoms with Gasteiger partial charge in [0.2, 0.25) is 0 Å². The zero-order valence-electron chi connectivity index (χ0n) is 13.7. The van der Waals surface area contributed by atoms with E-state index >= 15 is 0 Å². The zero-order chi connectivity index (χ0) is 17.4. The molecular formula is C18H20NO3PS. The first-order valence-corrected chi connectivity index (χ1v) is 10.6. The predicted octanol–water partition coefficient (Wildman–Crippen LogP) is 5.43. The van der Waals surface area contributed by atoms with Crippen molar-refractivity contribution in [1.29, 1.82) is 5.26 Å². The first-order valence-electron chi connectivity index (χ1n) is 7.74. The van der Waals surface area contributed by atoms with Gasteiger partial charge in [-0.2, -0.15) is 5.26 Å². The van der Waals surface area contributed by atoms with Gasteiger partial charge in [-0.05, 0) is 48.6 Å². The molecule has 2 atom stereocenters. The van der Waals surface area contributed by atoms with Crippen LogP contribution in [0.25, 0.3) is 0 Å². The minimum atomic E-state index is -2.45. The number of nitriles is 1. The van der Waals surface area contributed by atoms with Gasteiger partial charge in [0.15, 0.2) is 12.6 Å². The van der Waals surface area contributed by atoms with Crippen LogP contribution < -0.4 is 4.74 Å². The van der Waals surface area contributed by atoms with Gasteiger partial charge >= 0.3 is 0 Å². The van der Waals surface area contributed by atoms with Crippen molar-refractivity contribution in [3.05, 3.63) is 60.2 Å². The molecule has 126 valence electrons. The van der Waals surface area contributed by atoms with Crippen LogP contribution in [-0.4, -0.2) is 12.8 Å². The van der Waals surface area contributed by atoms with Gasteiger partial charge in [-0.15, -0.1) is 0 Å². The van der Waals surface area contributed by atoms with Crippen molar-refractivity contribution < 1.29 is 13.8 Å². The molecule has 0 heterocycles. The van der Waals surface area contributed by atoms with Crippen LogP contribution in [0, 0.1) is 11.3 Å². The van der Waals surface area contributed by atoms with Gasteiger partial charge in [0, 0.05) is 6.16 Å². The molecular weight excluding hydrogens is 341 g/mol. The average Bonchev–Trinajstić information content (AvgIpc) is 2.61. The molecule has 0 aliphatic carbocycles. The standard InChI is InChI=1S/C18H20NO3PS/c1-3-20-23(24,4-2)22-18(14-19)15-9-8-12-17(13-15)21-16-10-6-5-7-11-16/h5-13,18H,3-4H2,1-2H3. The summed E-state index contributed by atoms with van der Waals surface area (Å²) < 4.78 is 17.2. The monoisotopic (exact) mass is 361 g/mol. The highest BCUT2D eigenvalue weighted by molar-refractivity contribution is 8.09. The van der Waals surface area contributed by atoms with E-state index in [1.807, 2.05) is 62.4 Å². The highest BCUT2D eigenvalue weighted by Crippen LogP contribution is 2.52. The molecule has 0 aliphatic heterocycles. The van der Waals surface area contributed by atoms with Gasteiger partial charge in [0.25, 0.3) is 0 Å². The van der Waals surface area contributed by atoms with Crippen molar-refractivity contribution in [2.75, 3.05) is 12.8 Å². The topological polar surface area (TPSA) is 51.5 Å². The van der Waals surface area contributed by atoms with Crippen LogP contribution in [0.5, 0.6) is 11.5 Å². The van der Waals surface area contributed by atoms with Gasteiger partial charge in [-0.3, -0.25) is 0 Å². The van der Waals surface area contributed by atoms with Crippen LogP contribution in [0.15, 0.2) is 54.6 Å². The number of rotatable bonds is 8. The molecule has 0 N–H and O–H groups in total. The number of hydrogen-bond acceptors (Lipinski definition) is 5. The predicted molar refractivity (Wildman–Crippen MR) is 98.8 cm³/mol. The molecule has 0 fully saturated rings. The second kappa shape index (κ2) is 8.96. The Labute approximate surface area is 148 Å². The van der Waals surface area contributed by atoms with Crippen molar-refractivity contribution in [2.24, 2.45) is 0 Å². The Morgan fingerprint density at radius 2 is 1.79 bits per heavy atom. The number of nitrogens with zero attached hydrogens (tertiary/aromatic N) is 1. The van der Waals surface area contributed by atoms with E-state index in [1.54, 1.807) is 6.07 Å². The molecule has 0 bridgehead atoms. The number of ether oxygens (including phenoxy) is 1. The summed E-state index contributed by atoms with van der Waals surface area (Å²) in [6, 6.07) is 18.9. The summed E-state index contributed by atoms with van der Waals surface area (Å²) in [5.41, 5.74) is 0.702.